The van der Waals surface area contributed by atoms with Crippen molar-refractivity contribution in [3.8, 4) is 5.75 Å². The first-order valence-electron chi connectivity index (χ1n) is 9.49. The summed E-state index contributed by atoms with van der Waals surface area (Å²) in [5.41, 5.74) is 6.01. The Morgan fingerprint density at radius 3 is 2.87 bits per heavy atom. The number of aromatic nitrogens is 2. The van der Waals surface area contributed by atoms with Crippen molar-refractivity contribution < 1.29 is 14.6 Å². The van der Waals surface area contributed by atoms with Gasteiger partial charge < -0.3 is 14.4 Å². The summed E-state index contributed by atoms with van der Waals surface area (Å²) in [4.78, 5) is 16.1. The lowest BCUT2D eigenvalue weighted by atomic mass is 9.93. The lowest BCUT2D eigenvalue weighted by Gasteiger charge is -2.12. The minimum Gasteiger partial charge on any atom is -0.488 e. The van der Waals surface area contributed by atoms with Crippen molar-refractivity contribution in [1.82, 2.24) is 9.55 Å². The van der Waals surface area contributed by atoms with Crippen molar-refractivity contribution in [1.29, 1.82) is 0 Å². The van der Waals surface area contributed by atoms with Crippen LogP contribution in [0.5, 0.6) is 5.75 Å². The molecule has 0 saturated heterocycles. The minimum atomic E-state index is -0.962. The molecule has 2 heterocycles. The molecule has 4 aromatic rings. The number of hydrogen-bond donors (Lipinski definition) is 1. The lowest BCUT2D eigenvalue weighted by Crippen LogP contribution is -2.00. The van der Waals surface area contributed by atoms with Crippen molar-refractivity contribution in [2.45, 2.75) is 13.2 Å². The monoisotopic (exact) mass is 460 g/mol. The van der Waals surface area contributed by atoms with Crippen LogP contribution in [-0.4, -0.2) is 20.6 Å². The molecule has 5 nitrogen and oxygen atoms in total. The molecule has 1 N–H and O–H groups in total. The van der Waals surface area contributed by atoms with E-state index in [9.17, 15) is 9.90 Å². The van der Waals surface area contributed by atoms with E-state index in [0.29, 0.717) is 18.9 Å². The molecule has 0 radical (unpaired) electrons. The van der Waals surface area contributed by atoms with Crippen molar-refractivity contribution in [3.63, 3.8) is 0 Å². The van der Waals surface area contributed by atoms with Crippen LogP contribution >= 0.6 is 15.9 Å². The highest BCUT2D eigenvalue weighted by atomic mass is 79.9. The Kier molecular flexibility index (Phi) is 4.64. The Balaban J connectivity index is 1.68. The standard InChI is InChI=1S/C24H17BrN2O3/c25-17-7-5-16-13-30-23-8-6-15(24(28)29)11-20(23)18(19(16)12-17)9-10-27-14-26-21-3-1-2-4-22(21)27/h1-9,11-12,14H,10,13H2,(H,28,29)/b18-9-. The van der Waals surface area contributed by atoms with Crippen LogP contribution in [0.3, 0.4) is 0 Å². The number of hydrogen-bond acceptors (Lipinski definition) is 3. The van der Waals surface area contributed by atoms with E-state index in [-0.39, 0.29) is 5.56 Å². The highest BCUT2D eigenvalue weighted by Crippen LogP contribution is 2.38. The van der Waals surface area contributed by atoms with E-state index in [0.717, 1.165) is 37.8 Å². The van der Waals surface area contributed by atoms with Crippen LogP contribution in [0.2, 0.25) is 0 Å². The Bertz CT molecular complexity index is 1320. The molecule has 0 unspecified atom stereocenters. The van der Waals surface area contributed by atoms with Crippen molar-refractivity contribution in [2.75, 3.05) is 0 Å². The number of carbonyl (C=O) groups is 1. The van der Waals surface area contributed by atoms with Gasteiger partial charge in [0.15, 0.2) is 0 Å². The van der Waals surface area contributed by atoms with Gasteiger partial charge in [0.1, 0.15) is 12.4 Å². The summed E-state index contributed by atoms with van der Waals surface area (Å²) in [5.74, 6) is -0.287. The van der Waals surface area contributed by atoms with Crippen LogP contribution in [0, 0.1) is 0 Å². The minimum absolute atomic E-state index is 0.231. The van der Waals surface area contributed by atoms with Crippen LogP contribution in [0.1, 0.15) is 27.0 Å². The maximum absolute atomic E-state index is 11.6. The Morgan fingerprint density at radius 1 is 1.13 bits per heavy atom. The lowest BCUT2D eigenvalue weighted by molar-refractivity contribution is 0.0697. The van der Waals surface area contributed by atoms with Crippen LogP contribution in [0.15, 0.2) is 77.5 Å². The zero-order chi connectivity index (χ0) is 20.7. The molecule has 0 atom stereocenters. The highest BCUT2D eigenvalue weighted by molar-refractivity contribution is 9.10. The van der Waals surface area contributed by atoms with Gasteiger partial charge in [0, 0.05) is 16.6 Å². The summed E-state index contributed by atoms with van der Waals surface area (Å²) in [7, 11) is 0. The van der Waals surface area contributed by atoms with Gasteiger partial charge >= 0.3 is 5.97 Å². The van der Waals surface area contributed by atoms with Crippen molar-refractivity contribution >= 4 is 38.5 Å². The quantitative estimate of drug-likeness (QED) is 0.436. The normalized spacial score (nSPS) is 14.1. The number of carboxylic acids is 1. The van der Waals surface area contributed by atoms with Crippen LogP contribution < -0.4 is 4.74 Å². The zero-order valence-corrected chi connectivity index (χ0v) is 17.5. The average Bonchev–Trinajstić information content (AvgIpc) is 3.10. The largest absolute Gasteiger partial charge is 0.488 e. The second-order valence-corrected chi connectivity index (χ2v) is 8.03. The van der Waals surface area contributed by atoms with Gasteiger partial charge in [0.2, 0.25) is 0 Å². The van der Waals surface area contributed by atoms with Crippen molar-refractivity contribution in [3.05, 3.63) is 99.8 Å². The molecule has 5 rings (SSSR count). The number of aromatic carboxylic acids is 1. The topological polar surface area (TPSA) is 64.3 Å². The number of benzene rings is 3. The predicted octanol–water partition coefficient (Wildman–Crippen LogP) is 5.52. The Labute approximate surface area is 181 Å². The SMILES string of the molecule is O=C(O)c1ccc2c(c1)/C(=C\Cn1cnc3ccccc31)c1cc(Br)ccc1CO2. The second-order valence-electron chi connectivity index (χ2n) is 7.11. The van der Waals surface area contributed by atoms with E-state index in [4.69, 9.17) is 4.74 Å². The molecule has 1 aromatic heterocycles. The number of ether oxygens (including phenoxy) is 1. The first kappa shape index (κ1) is 18.6. The molecule has 0 saturated carbocycles. The number of carboxylic acid groups (broad SMARTS) is 1. The van der Waals surface area contributed by atoms with Gasteiger partial charge in [-0.15, -0.1) is 0 Å². The molecule has 6 heteroatoms. The van der Waals surface area contributed by atoms with Crippen molar-refractivity contribution in [2.24, 2.45) is 0 Å². The van der Waals surface area contributed by atoms with Gasteiger partial charge in [-0.1, -0.05) is 40.2 Å². The van der Waals surface area contributed by atoms with Gasteiger partial charge in [-0.2, -0.15) is 0 Å². The fourth-order valence-electron chi connectivity index (χ4n) is 3.79. The van der Waals surface area contributed by atoms with Gasteiger partial charge in [-0.25, -0.2) is 9.78 Å². The van der Waals surface area contributed by atoms with Crippen LogP contribution in [0.25, 0.3) is 16.6 Å². The number of allylic oxidation sites excluding steroid dienone is 1. The molecule has 1 aliphatic heterocycles. The molecule has 0 fully saturated rings. The van der Waals surface area contributed by atoms with E-state index >= 15 is 0 Å². The molecule has 1 aliphatic rings. The van der Waals surface area contributed by atoms with E-state index in [1.54, 1.807) is 18.2 Å². The van der Waals surface area contributed by atoms with Gasteiger partial charge in [-0.05, 0) is 59.2 Å². The average molecular weight is 461 g/mol. The molecule has 30 heavy (non-hydrogen) atoms. The van der Waals surface area contributed by atoms with Crippen LogP contribution in [0.4, 0.5) is 0 Å². The number of halogens is 1. The third-order valence-corrected chi connectivity index (χ3v) is 5.77. The Morgan fingerprint density at radius 2 is 2.00 bits per heavy atom. The summed E-state index contributed by atoms with van der Waals surface area (Å²) < 4.78 is 9.05. The molecule has 3 aromatic carbocycles. The third-order valence-electron chi connectivity index (χ3n) is 5.28. The van der Waals surface area contributed by atoms with Gasteiger partial charge in [0.05, 0.1) is 22.9 Å². The number of fused-ring (bicyclic) bond motifs is 3. The first-order chi connectivity index (χ1) is 14.6. The van der Waals surface area contributed by atoms with Gasteiger partial charge in [-0.3, -0.25) is 0 Å². The number of para-hydroxylation sites is 2. The third kappa shape index (κ3) is 3.29. The summed E-state index contributed by atoms with van der Waals surface area (Å²) >= 11 is 3.57. The van der Waals surface area contributed by atoms with E-state index in [2.05, 4.69) is 37.6 Å². The molecular weight excluding hydrogens is 444 g/mol. The first-order valence-corrected chi connectivity index (χ1v) is 10.3. The number of imidazole rings is 1. The predicted molar refractivity (Wildman–Crippen MR) is 119 cm³/mol. The fraction of sp³-hybridized carbons (Fsp3) is 0.0833. The van der Waals surface area contributed by atoms with E-state index < -0.39 is 5.97 Å². The summed E-state index contributed by atoms with van der Waals surface area (Å²) in [6.45, 7) is 1.02. The van der Waals surface area contributed by atoms with E-state index in [1.807, 2.05) is 42.7 Å². The molecular formula is C24H17BrN2O3. The summed E-state index contributed by atoms with van der Waals surface area (Å²) in [6.07, 6.45) is 3.93. The van der Waals surface area contributed by atoms with E-state index in [1.165, 1.54) is 0 Å². The Hall–Kier alpha value is -3.38. The molecule has 0 amide bonds. The number of rotatable bonds is 3. The zero-order valence-electron chi connectivity index (χ0n) is 15.9. The second kappa shape index (κ2) is 7.46. The molecule has 0 bridgehead atoms. The molecule has 0 spiro atoms. The van der Waals surface area contributed by atoms with Crippen LogP contribution in [-0.2, 0) is 13.2 Å². The maximum atomic E-state index is 11.6. The fourth-order valence-corrected chi connectivity index (χ4v) is 4.15. The molecule has 148 valence electrons. The highest BCUT2D eigenvalue weighted by Gasteiger charge is 2.21. The van der Waals surface area contributed by atoms with Gasteiger partial charge in [0.25, 0.3) is 0 Å². The summed E-state index contributed by atoms with van der Waals surface area (Å²) in [6, 6.07) is 19.1. The maximum Gasteiger partial charge on any atom is 0.335 e. The smallest absolute Gasteiger partial charge is 0.335 e. The number of nitrogens with zero attached hydrogens (tertiary/aromatic N) is 2. The summed E-state index contributed by atoms with van der Waals surface area (Å²) in [5, 5.41) is 9.50. The molecule has 0 aliphatic carbocycles.